The van der Waals surface area contributed by atoms with E-state index in [4.69, 9.17) is 0 Å². The molecule has 1 aliphatic carbocycles. The van der Waals surface area contributed by atoms with E-state index in [1.54, 1.807) is 0 Å². The number of hydrogen-bond donors (Lipinski definition) is 2. The smallest absolute Gasteiger partial charge is 0.215 e. The van der Waals surface area contributed by atoms with Crippen LogP contribution in [0, 0.1) is 5.41 Å². The second kappa shape index (κ2) is 6.90. The minimum absolute atomic E-state index is 0.0562. The van der Waals surface area contributed by atoms with Crippen molar-refractivity contribution in [3.63, 3.8) is 0 Å². The molecule has 5 heteroatoms. The average Bonchev–Trinajstić information content (AvgIpc) is 2.85. The summed E-state index contributed by atoms with van der Waals surface area (Å²) in [5.74, 6) is 0.0562. The maximum Gasteiger partial charge on any atom is 0.215 e. The third-order valence-electron chi connectivity index (χ3n) is 4.26. The van der Waals surface area contributed by atoms with Gasteiger partial charge >= 0.3 is 0 Å². The van der Waals surface area contributed by atoms with E-state index in [-0.39, 0.29) is 11.2 Å². The second-order valence-corrected chi connectivity index (χ2v) is 8.26. The van der Waals surface area contributed by atoms with Crippen LogP contribution in [0.2, 0.25) is 0 Å². The molecule has 0 atom stereocenters. The van der Waals surface area contributed by atoms with E-state index in [1.807, 2.05) is 31.3 Å². The molecule has 0 amide bonds. The van der Waals surface area contributed by atoms with E-state index in [1.165, 1.54) is 12.8 Å². The van der Waals surface area contributed by atoms with Gasteiger partial charge in [0.15, 0.2) is 0 Å². The Morgan fingerprint density at radius 2 is 1.86 bits per heavy atom. The summed E-state index contributed by atoms with van der Waals surface area (Å²) in [6.45, 7) is 3.49. The summed E-state index contributed by atoms with van der Waals surface area (Å²) in [6.07, 6.45) is 4.66. The Kier molecular flexibility index (Phi) is 5.41. The first-order chi connectivity index (χ1) is 9.92. The van der Waals surface area contributed by atoms with Crippen molar-refractivity contribution in [3.05, 3.63) is 35.4 Å². The molecule has 118 valence electrons. The molecule has 1 aromatic rings. The maximum atomic E-state index is 12.2. The molecular weight excluding hydrogens is 284 g/mol. The zero-order valence-corrected chi connectivity index (χ0v) is 13.8. The highest BCUT2D eigenvalue weighted by atomic mass is 32.2. The molecule has 0 heterocycles. The van der Waals surface area contributed by atoms with Gasteiger partial charge in [-0.15, -0.1) is 0 Å². The van der Waals surface area contributed by atoms with Gasteiger partial charge in [-0.1, -0.05) is 44.0 Å². The summed E-state index contributed by atoms with van der Waals surface area (Å²) in [6, 6.07) is 7.73. The predicted octanol–water partition coefficient (Wildman–Crippen LogP) is 2.41. The van der Waals surface area contributed by atoms with Gasteiger partial charge in [0.1, 0.15) is 0 Å². The van der Waals surface area contributed by atoms with E-state index in [2.05, 4.69) is 17.0 Å². The highest BCUT2D eigenvalue weighted by Crippen LogP contribution is 2.36. The second-order valence-electron chi connectivity index (χ2n) is 6.45. The van der Waals surface area contributed by atoms with Crippen molar-refractivity contribution in [2.45, 2.75) is 44.9 Å². The molecular formula is C16H26N2O2S. The largest absolute Gasteiger partial charge is 0.316 e. The molecule has 0 bridgehead atoms. The van der Waals surface area contributed by atoms with Gasteiger partial charge in [0, 0.05) is 13.1 Å². The van der Waals surface area contributed by atoms with Crippen molar-refractivity contribution < 1.29 is 8.42 Å². The van der Waals surface area contributed by atoms with Crippen LogP contribution in [0.15, 0.2) is 24.3 Å². The normalized spacial score (nSPS) is 18.0. The van der Waals surface area contributed by atoms with Crippen molar-refractivity contribution in [3.8, 4) is 0 Å². The molecule has 1 aromatic carbocycles. The van der Waals surface area contributed by atoms with Crippen LogP contribution < -0.4 is 10.0 Å². The fourth-order valence-electron chi connectivity index (χ4n) is 2.99. The fourth-order valence-corrected chi connectivity index (χ4v) is 4.28. The monoisotopic (exact) mass is 310 g/mol. The van der Waals surface area contributed by atoms with Crippen molar-refractivity contribution in [2.75, 3.05) is 13.6 Å². The summed E-state index contributed by atoms with van der Waals surface area (Å²) in [7, 11) is -1.38. The lowest BCUT2D eigenvalue weighted by molar-refractivity contribution is 0.336. The first-order valence-corrected chi connectivity index (χ1v) is 9.27. The van der Waals surface area contributed by atoms with Crippen molar-refractivity contribution >= 4 is 10.0 Å². The van der Waals surface area contributed by atoms with Gasteiger partial charge in [0.25, 0.3) is 0 Å². The van der Waals surface area contributed by atoms with Gasteiger partial charge in [-0.3, -0.25) is 0 Å². The Hall–Kier alpha value is -0.910. The molecule has 0 aliphatic heterocycles. The summed E-state index contributed by atoms with van der Waals surface area (Å²) >= 11 is 0. The van der Waals surface area contributed by atoms with E-state index < -0.39 is 10.0 Å². The molecule has 0 spiro atoms. The number of nitrogens with one attached hydrogen (secondary N) is 2. The Bertz CT molecular complexity index is 563. The van der Waals surface area contributed by atoms with Gasteiger partial charge in [0.2, 0.25) is 10.0 Å². The molecule has 1 fully saturated rings. The quantitative estimate of drug-likeness (QED) is 0.813. The minimum Gasteiger partial charge on any atom is -0.316 e. The third-order valence-corrected chi connectivity index (χ3v) is 5.56. The van der Waals surface area contributed by atoms with Crippen molar-refractivity contribution in [1.29, 1.82) is 0 Å². The van der Waals surface area contributed by atoms with E-state index in [0.29, 0.717) is 6.54 Å². The van der Waals surface area contributed by atoms with Crippen LogP contribution in [0.25, 0.3) is 0 Å². The summed E-state index contributed by atoms with van der Waals surface area (Å²) in [5, 5.41) is 3.08. The average molecular weight is 310 g/mol. The van der Waals surface area contributed by atoms with E-state index in [9.17, 15) is 8.42 Å². The van der Waals surface area contributed by atoms with Crippen LogP contribution in [0.3, 0.4) is 0 Å². The molecule has 0 radical (unpaired) electrons. The first kappa shape index (κ1) is 16.5. The summed E-state index contributed by atoms with van der Waals surface area (Å²) < 4.78 is 27.3. The number of sulfonamides is 1. The van der Waals surface area contributed by atoms with Gasteiger partial charge < -0.3 is 5.32 Å². The zero-order valence-electron chi connectivity index (χ0n) is 13.0. The lowest BCUT2D eigenvalue weighted by Crippen LogP contribution is -2.34. The lowest BCUT2D eigenvalue weighted by Gasteiger charge is -2.23. The molecule has 1 saturated carbocycles. The van der Waals surface area contributed by atoms with Crippen LogP contribution in [0.1, 0.15) is 43.7 Å². The Labute approximate surface area is 128 Å². The standard InChI is InChI=1S/C16H26N2O2S/c1-16(8-3-4-9-16)13-18-21(19,20)12-15-7-5-6-14(10-15)11-17-2/h5-7,10,17-18H,3-4,8-9,11-13H2,1-2H3. The number of benzene rings is 1. The van der Waals surface area contributed by atoms with Crippen LogP contribution in [-0.2, 0) is 22.3 Å². The van der Waals surface area contributed by atoms with Gasteiger partial charge in [-0.05, 0) is 36.4 Å². The van der Waals surface area contributed by atoms with Crippen molar-refractivity contribution in [2.24, 2.45) is 5.41 Å². The highest BCUT2D eigenvalue weighted by molar-refractivity contribution is 7.88. The predicted molar refractivity (Wildman–Crippen MR) is 86.4 cm³/mol. The first-order valence-electron chi connectivity index (χ1n) is 7.62. The van der Waals surface area contributed by atoms with Crippen LogP contribution >= 0.6 is 0 Å². The fraction of sp³-hybridized carbons (Fsp3) is 0.625. The van der Waals surface area contributed by atoms with Gasteiger partial charge in [0.05, 0.1) is 5.75 Å². The van der Waals surface area contributed by atoms with Gasteiger partial charge in [-0.25, -0.2) is 13.1 Å². The summed E-state index contributed by atoms with van der Waals surface area (Å²) in [4.78, 5) is 0. The van der Waals surface area contributed by atoms with Crippen LogP contribution in [0.4, 0.5) is 0 Å². The molecule has 1 aliphatic rings. The third kappa shape index (κ3) is 5.09. The number of rotatable bonds is 7. The minimum atomic E-state index is -3.26. The SMILES string of the molecule is CNCc1cccc(CS(=O)(=O)NCC2(C)CCCC2)c1. The van der Waals surface area contributed by atoms with E-state index in [0.717, 1.165) is 30.5 Å². The lowest BCUT2D eigenvalue weighted by atomic mass is 9.89. The zero-order chi connectivity index (χ0) is 15.3. The molecule has 21 heavy (non-hydrogen) atoms. The molecule has 0 unspecified atom stereocenters. The summed E-state index contributed by atoms with van der Waals surface area (Å²) in [5.41, 5.74) is 2.08. The Balaban J connectivity index is 1.95. The molecule has 0 aromatic heterocycles. The number of hydrogen-bond acceptors (Lipinski definition) is 3. The Morgan fingerprint density at radius 3 is 2.52 bits per heavy atom. The van der Waals surface area contributed by atoms with Crippen molar-refractivity contribution in [1.82, 2.24) is 10.0 Å². The molecule has 0 saturated heterocycles. The molecule has 2 N–H and O–H groups in total. The van der Waals surface area contributed by atoms with E-state index >= 15 is 0 Å². The molecule has 2 rings (SSSR count). The maximum absolute atomic E-state index is 12.2. The van der Waals surface area contributed by atoms with Crippen LogP contribution in [0.5, 0.6) is 0 Å². The topological polar surface area (TPSA) is 58.2 Å². The van der Waals surface area contributed by atoms with Gasteiger partial charge in [-0.2, -0.15) is 0 Å². The van der Waals surface area contributed by atoms with Crippen LogP contribution in [-0.4, -0.2) is 22.0 Å². The highest BCUT2D eigenvalue weighted by Gasteiger charge is 2.29. The molecule has 4 nitrogen and oxygen atoms in total. The Morgan fingerprint density at radius 1 is 1.19 bits per heavy atom.